The van der Waals surface area contributed by atoms with Gasteiger partial charge in [0.2, 0.25) is 0 Å². The number of benzene rings is 1. The van der Waals surface area contributed by atoms with Crippen LogP contribution in [0.3, 0.4) is 0 Å². The van der Waals surface area contributed by atoms with Gasteiger partial charge in [0, 0.05) is 38.5 Å². The molecule has 168 valence electrons. The van der Waals surface area contributed by atoms with Crippen LogP contribution in [0.1, 0.15) is 27.9 Å². The first-order valence-electron chi connectivity index (χ1n) is 9.69. The number of nitrogens with zero attached hydrogens (tertiary/aromatic N) is 2. The van der Waals surface area contributed by atoms with Gasteiger partial charge >= 0.3 is 12.1 Å². The van der Waals surface area contributed by atoms with E-state index in [9.17, 15) is 18.0 Å². The number of carbonyl (C=O) groups is 2. The second-order valence-corrected chi connectivity index (χ2v) is 7.31. The largest absolute Gasteiger partial charge is 0.490 e. The van der Waals surface area contributed by atoms with Gasteiger partial charge in [0.1, 0.15) is 0 Å². The molecule has 0 aliphatic carbocycles. The van der Waals surface area contributed by atoms with Crippen molar-refractivity contribution in [3.63, 3.8) is 0 Å². The average molecular weight is 438 g/mol. The molecule has 0 saturated carbocycles. The number of piperidine rings is 1. The van der Waals surface area contributed by atoms with Crippen molar-refractivity contribution < 1.29 is 32.6 Å². The average Bonchev–Trinajstić information content (AvgIpc) is 2.73. The van der Waals surface area contributed by atoms with Gasteiger partial charge in [-0.2, -0.15) is 13.2 Å². The Bertz CT molecular complexity index is 875. The number of hydrogen-bond acceptors (Lipinski definition) is 4. The van der Waals surface area contributed by atoms with E-state index in [-0.39, 0.29) is 12.0 Å². The van der Waals surface area contributed by atoms with E-state index in [4.69, 9.17) is 14.6 Å². The number of aromatic nitrogens is 1. The molecule has 0 unspecified atom stereocenters. The number of aliphatic carboxylic acids is 1. The summed E-state index contributed by atoms with van der Waals surface area (Å²) in [6, 6.07) is 12.2. The number of aryl methyl sites for hydroxylation is 1. The molecule has 6 nitrogen and oxygen atoms in total. The summed E-state index contributed by atoms with van der Waals surface area (Å²) in [5, 5.41) is 7.12. The number of carboxylic acid groups (broad SMARTS) is 1. The summed E-state index contributed by atoms with van der Waals surface area (Å²) in [5.41, 5.74) is 3.22. The van der Waals surface area contributed by atoms with E-state index in [1.54, 1.807) is 25.6 Å². The number of ether oxygens (including phenoxy) is 1. The topological polar surface area (TPSA) is 79.7 Å². The maximum absolute atomic E-state index is 12.7. The fourth-order valence-electron chi connectivity index (χ4n) is 3.52. The van der Waals surface area contributed by atoms with E-state index in [2.05, 4.69) is 36.2 Å². The third-order valence-electron chi connectivity index (χ3n) is 4.99. The quantitative estimate of drug-likeness (QED) is 0.787. The molecule has 0 bridgehead atoms. The maximum atomic E-state index is 12.7. The van der Waals surface area contributed by atoms with Crippen LogP contribution in [0.25, 0.3) is 0 Å². The lowest BCUT2D eigenvalue weighted by Crippen LogP contribution is -2.47. The minimum absolute atomic E-state index is 0.0619. The molecule has 1 saturated heterocycles. The van der Waals surface area contributed by atoms with Crippen molar-refractivity contribution in [2.24, 2.45) is 5.92 Å². The van der Waals surface area contributed by atoms with Gasteiger partial charge in [-0.05, 0) is 37.5 Å². The van der Waals surface area contributed by atoms with E-state index in [1.807, 2.05) is 11.0 Å². The van der Waals surface area contributed by atoms with Crippen LogP contribution in [0.2, 0.25) is 0 Å². The smallest absolute Gasteiger partial charge is 0.475 e. The summed E-state index contributed by atoms with van der Waals surface area (Å²) < 4.78 is 37.4. The highest BCUT2D eigenvalue weighted by Crippen LogP contribution is 2.25. The van der Waals surface area contributed by atoms with Crippen LogP contribution in [0, 0.1) is 12.8 Å². The number of carbonyl (C=O) groups excluding carboxylic acids is 1. The third kappa shape index (κ3) is 7.36. The highest BCUT2D eigenvalue weighted by molar-refractivity contribution is 5.93. The van der Waals surface area contributed by atoms with Gasteiger partial charge in [0.15, 0.2) is 0 Å². The SMILES string of the molecule is CO[C@@H]1CCN(C(=O)c2cccnc2)C[C@@H]1Cc1cccc(C)c1.O=C(O)C(F)(F)F. The Morgan fingerprint density at radius 1 is 1.26 bits per heavy atom. The van der Waals surface area contributed by atoms with Crippen LogP contribution in [-0.2, 0) is 16.0 Å². The van der Waals surface area contributed by atoms with Gasteiger partial charge in [-0.3, -0.25) is 9.78 Å². The number of methoxy groups -OCH3 is 1. The lowest BCUT2D eigenvalue weighted by Gasteiger charge is -2.38. The van der Waals surface area contributed by atoms with Gasteiger partial charge in [-0.25, -0.2) is 4.79 Å². The van der Waals surface area contributed by atoms with E-state index in [0.29, 0.717) is 11.5 Å². The Morgan fingerprint density at radius 3 is 2.52 bits per heavy atom. The normalized spacial score (nSPS) is 18.7. The molecule has 1 N–H and O–H groups in total. The van der Waals surface area contributed by atoms with Crippen molar-refractivity contribution in [2.75, 3.05) is 20.2 Å². The molecule has 1 amide bonds. The zero-order valence-corrected chi connectivity index (χ0v) is 17.3. The minimum atomic E-state index is -5.08. The molecular weight excluding hydrogens is 413 g/mol. The fraction of sp³-hybridized carbons (Fsp3) is 0.409. The molecule has 9 heteroatoms. The molecule has 0 spiro atoms. The zero-order chi connectivity index (χ0) is 23.0. The molecule has 1 aliphatic rings. The van der Waals surface area contributed by atoms with Gasteiger partial charge < -0.3 is 14.7 Å². The fourth-order valence-corrected chi connectivity index (χ4v) is 3.52. The Morgan fingerprint density at radius 2 is 1.97 bits per heavy atom. The van der Waals surface area contributed by atoms with Crippen molar-refractivity contribution in [3.8, 4) is 0 Å². The first-order chi connectivity index (χ1) is 14.6. The number of carboxylic acids is 1. The standard InChI is InChI=1S/C20H24N2O2.C2HF3O2/c1-15-5-3-6-16(11-15)12-18-14-22(10-8-19(18)24-2)20(23)17-7-4-9-21-13-17;3-2(4,5)1(6)7/h3-7,9,11,13,18-19H,8,10,12,14H2,1-2H3;(H,6,7)/t18-,19+;/m0./s1. The second kappa shape index (κ2) is 10.9. The second-order valence-electron chi connectivity index (χ2n) is 7.31. The first-order valence-corrected chi connectivity index (χ1v) is 9.69. The van der Waals surface area contributed by atoms with Gasteiger partial charge in [-0.15, -0.1) is 0 Å². The van der Waals surface area contributed by atoms with Crippen LogP contribution < -0.4 is 0 Å². The zero-order valence-electron chi connectivity index (χ0n) is 17.3. The highest BCUT2D eigenvalue weighted by atomic mass is 19.4. The Balaban J connectivity index is 0.000000423. The summed E-state index contributed by atoms with van der Waals surface area (Å²) >= 11 is 0. The Kier molecular flexibility index (Phi) is 8.56. The number of rotatable bonds is 4. The minimum Gasteiger partial charge on any atom is -0.475 e. The van der Waals surface area contributed by atoms with Crippen molar-refractivity contribution in [2.45, 2.75) is 32.0 Å². The molecule has 2 atom stereocenters. The molecule has 3 rings (SSSR count). The number of likely N-dealkylation sites (tertiary alicyclic amines) is 1. The van der Waals surface area contributed by atoms with Crippen LogP contribution in [0.4, 0.5) is 13.2 Å². The van der Waals surface area contributed by atoms with Crippen LogP contribution in [0.15, 0.2) is 48.8 Å². The van der Waals surface area contributed by atoms with Gasteiger partial charge in [0.25, 0.3) is 5.91 Å². The van der Waals surface area contributed by atoms with Crippen LogP contribution >= 0.6 is 0 Å². The lowest BCUT2D eigenvalue weighted by molar-refractivity contribution is -0.192. The predicted octanol–water partition coefficient (Wildman–Crippen LogP) is 3.74. The summed E-state index contributed by atoms with van der Waals surface area (Å²) in [6.07, 6.45) is 0.244. The summed E-state index contributed by atoms with van der Waals surface area (Å²) in [5.74, 6) is -2.38. The third-order valence-corrected chi connectivity index (χ3v) is 4.99. The number of halogens is 3. The Labute approximate surface area is 178 Å². The molecule has 2 aromatic rings. The number of pyridine rings is 1. The number of alkyl halides is 3. The molecule has 31 heavy (non-hydrogen) atoms. The first kappa shape index (κ1) is 24.3. The monoisotopic (exact) mass is 438 g/mol. The van der Waals surface area contributed by atoms with E-state index in [1.165, 1.54) is 11.1 Å². The summed E-state index contributed by atoms with van der Waals surface area (Å²) in [7, 11) is 1.77. The van der Waals surface area contributed by atoms with E-state index in [0.717, 1.165) is 25.9 Å². The van der Waals surface area contributed by atoms with Crippen LogP contribution in [0.5, 0.6) is 0 Å². The van der Waals surface area contributed by atoms with E-state index < -0.39 is 12.1 Å². The van der Waals surface area contributed by atoms with Crippen molar-refractivity contribution >= 4 is 11.9 Å². The molecule has 1 aromatic carbocycles. The predicted molar refractivity (Wildman–Crippen MR) is 108 cm³/mol. The van der Waals surface area contributed by atoms with Crippen molar-refractivity contribution in [3.05, 3.63) is 65.5 Å². The lowest BCUT2D eigenvalue weighted by atomic mass is 9.88. The maximum Gasteiger partial charge on any atom is 0.490 e. The number of amides is 1. The summed E-state index contributed by atoms with van der Waals surface area (Å²) in [6.45, 7) is 3.56. The van der Waals surface area contributed by atoms with E-state index >= 15 is 0 Å². The number of hydrogen-bond donors (Lipinski definition) is 1. The van der Waals surface area contributed by atoms with Crippen LogP contribution in [-0.4, -0.2) is 59.3 Å². The van der Waals surface area contributed by atoms with Gasteiger partial charge in [-0.1, -0.05) is 29.8 Å². The summed E-state index contributed by atoms with van der Waals surface area (Å²) in [4.78, 5) is 27.6. The van der Waals surface area contributed by atoms with Crippen molar-refractivity contribution in [1.29, 1.82) is 0 Å². The van der Waals surface area contributed by atoms with Gasteiger partial charge in [0.05, 0.1) is 11.7 Å². The molecule has 1 aliphatic heterocycles. The molecule has 1 aromatic heterocycles. The molecule has 1 fully saturated rings. The molecular formula is C22H25F3N2O4. The highest BCUT2D eigenvalue weighted by Gasteiger charge is 2.38. The van der Waals surface area contributed by atoms with Crippen molar-refractivity contribution in [1.82, 2.24) is 9.88 Å². The molecule has 2 heterocycles. The molecule has 0 radical (unpaired) electrons. The Hall–Kier alpha value is -2.94.